The van der Waals surface area contributed by atoms with Gasteiger partial charge in [-0.1, -0.05) is 27.2 Å². The number of pyridine rings is 1. The number of anilines is 1. The minimum absolute atomic E-state index is 0.218. The Morgan fingerprint density at radius 2 is 2.00 bits per heavy atom. The summed E-state index contributed by atoms with van der Waals surface area (Å²) in [6.45, 7) is 6.91. The number of carbonyl (C=O) groups is 1. The lowest BCUT2D eigenvalue weighted by molar-refractivity contribution is 0.0803. The Hall–Kier alpha value is -1.99. The Morgan fingerprint density at radius 3 is 2.54 bits per heavy atom. The van der Waals surface area contributed by atoms with Crippen LogP contribution in [0.3, 0.4) is 0 Å². The Kier molecular flexibility index (Phi) is 8.35. The lowest BCUT2D eigenvalue weighted by Gasteiger charge is -2.16. The maximum atomic E-state index is 12.4. The van der Waals surface area contributed by atoms with Gasteiger partial charge in [-0.05, 0) is 12.5 Å². The first-order valence-corrected chi connectivity index (χ1v) is 8.94. The van der Waals surface area contributed by atoms with Crippen LogP contribution in [-0.2, 0) is 0 Å². The number of rotatable bonds is 6. The van der Waals surface area contributed by atoms with Crippen molar-refractivity contribution in [1.29, 1.82) is 5.41 Å². The summed E-state index contributed by atoms with van der Waals surface area (Å²) in [5.74, 6) is -0.218. The van der Waals surface area contributed by atoms with Gasteiger partial charge in [0.25, 0.3) is 5.91 Å². The standard InChI is InChI=1S/C14H19N5OS.C3H8/c1-4-5-17-19(9-15)14(20)12-6-10-11(18(2)3)7-16-8-13(10)21-12;1-3-2/h6-9,15,17H,4-5H2,1-3H3;3H2,1-2H3. The van der Waals surface area contributed by atoms with E-state index in [1.54, 1.807) is 12.4 Å². The van der Waals surface area contributed by atoms with Crippen molar-refractivity contribution < 1.29 is 4.79 Å². The summed E-state index contributed by atoms with van der Waals surface area (Å²) in [5, 5.41) is 9.59. The zero-order chi connectivity index (χ0) is 18.1. The van der Waals surface area contributed by atoms with E-state index in [9.17, 15) is 4.79 Å². The molecule has 0 aliphatic rings. The van der Waals surface area contributed by atoms with E-state index in [0.29, 0.717) is 11.4 Å². The van der Waals surface area contributed by atoms with E-state index in [-0.39, 0.29) is 5.91 Å². The van der Waals surface area contributed by atoms with E-state index < -0.39 is 0 Å². The van der Waals surface area contributed by atoms with Crippen LogP contribution in [0.15, 0.2) is 18.5 Å². The van der Waals surface area contributed by atoms with Crippen LogP contribution in [0.1, 0.15) is 43.3 Å². The molecule has 6 nitrogen and oxygen atoms in total. The first-order chi connectivity index (χ1) is 11.5. The molecule has 0 atom stereocenters. The fourth-order valence-corrected chi connectivity index (χ4v) is 2.92. The largest absolute Gasteiger partial charge is 0.376 e. The van der Waals surface area contributed by atoms with Gasteiger partial charge in [0.2, 0.25) is 0 Å². The summed E-state index contributed by atoms with van der Waals surface area (Å²) < 4.78 is 0.963. The van der Waals surface area contributed by atoms with E-state index in [4.69, 9.17) is 5.41 Å². The average molecular weight is 350 g/mol. The number of carbonyl (C=O) groups excluding carboxylic acids is 1. The molecule has 0 bridgehead atoms. The number of thiophene rings is 1. The van der Waals surface area contributed by atoms with Crippen LogP contribution >= 0.6 is 11.3 Å². The second-order valence-corrected chi connectivity index (χ2v) is 6.58. The first-order valence-electron chi connectivity index (χ1n) is 8.12. The molecule has 0 aromatic carbocycles. The summed E-state index contributed by atoms with van der Waals surface area (Å²) in [5.41, 5.74) is 3.90. The molecule has 1 amide bonds. The average Bonchev–Trinajstić information content (AvgIpc) is 2.99. The van der Waals surface area contributed by atoms with Gasteiger partial charge in [0.15, 0.2) is 0 Å². The maximum Gasteiger partial charge on any atom is 0.283 e. The van der Waals surface area contributed by atoms with Crippen molar-refractivity contribution in [2.24, 2.45) is 0 Å². The molecule has 0 spiro atoms. The molecule has 2 aromatic heterocycles. The molecule has 2 rings (SSSR count). The van der Waals surface area contributed by atoms with E-state index in [2.05, 4.69) is 24.3 Å². The second kappa shape index (κ2) is 10.00. The van der Waals surface area contributed by atoms with Crippen molar-refractivity contribution in [1.82, 2.24) is 15.4 Å². The van der Waals surface area contributed by atoms with Gasteiger partial charge in [-0.2, -0.15) is 0 Å². The molecule has 0 saturated carbocycles. The molecule has 2 N–H and O–H groups in total. The van der Waals surface area contributed by atoms with Crippen LogP contribution in [0.4, 0.5) is 5.69 Å². The van der Waals surface area contributed by atoms with Crippen molar-refractivity contribution in [3.8, 4) is 0 Å². The molecular weight excluding hydrogens is 322 g/mol. The molecule has 0 aliphatic heterocycles. The topological polar surface area (TPSA) is 72.3 Å². The number of nitrogens with one attached hydrogen (secondary N) is 2. The molecule has 0 fully saturated rings. The Balaban J connectivity index is 0.000000891. The number of nitrogens with zero attached hydrogens (tertiary/aromatic N) is 3. The molecule has 0 radical (unpaired) electrons. The Morgan fingerprint density at radius 1 is 1.33 bits per heavy atom. The monoisotopic (exact) mass is 349 g/mol. The van der Waals surface area contributed by atoms with Gasteiger partial charge < -0.3 is 4.90 Å². The summed E-state index contributed by atoms with van der Waals surface area (Å²) in [7, 11) is 3.89. The number of amides is 1. The molecule has 0 unspecified atom stereocenters. The molecular formula is C17H27N5OS. The normalized spacial score (nSPS) is 10.0. The van der Waals surface area contributed by atoms with Crippen LogP contribution in [-0.4, -0.2) is 42.9 Å². The molecule has 132 valence electrons. The fraction of sp³-hybridized carbons (Fsp3) is 0.471. The van der Waals surface area contributed by atoms with Crippen LogP contribution in [0.2, 0.25) is 0 Å². The van der Waals surface area contributed by atoms with Crippen LogP contribution < -0.4 is 10.3 Å². The molecule has 0 aliphatic carbocycles. The minimum atomic E-state index is -0.218. The lowest BCUT2D eigenvalue weighted by Crippen LogP contribution is -2.41. The molecule has 2 heterocycles. The molecule has 7 heteroatoms. The molecule has 2 aromatic rings. The Labute approximate surface area is 148 Å². The first kappa shape index (κ1) is 20.1. The van der Waals surface area contributed by atoms with Gasteiger partial charge in [-0.3, -0.25) is 15.2 Å². The smallest absolute Gasteiger partial charge is 0.283 e. The number of hydrogen-bond donors (Lipinski definition) is 2. The molecule has 24 heavy (non-hydrogen) atoms. The van der Waals surface area contributed by atoms with Crippen LogP contribution in [0, 0.1) is 5.41 Å². The third kappa shape index (κ3) is 5.01. The van der Waals surface area contributed by atoms with E-state index >= 15 is 0 Å². The maximum absolute atomic E-state index is 12.4. The minimum Gasteiger partial charge on any atom is -0.376 e. The van der Waals surface area contributed by atoms with Gasteiger partial charge in [0.1, 0.15) is 6.34 Å². The number of hydrazine groups is 1. The van der Waals surface area contributed by atoms with Gasteiger partial charge in [-0.15, -0.1) is 11.3 Å². The highest BCUT2D eigenvalue weighted by Crippen LogP contribution is 2.32. The highest BCUT2D eigenvalue weighted by Gasteiger charge is 2.18. The zero-order valence-electron chi connectivity index (χ0n) is 15.1. The lowest BCUT2D eigenvalue weighted by atomic mass is 10.2. The quantitative estimate of drug-likeness (QED) is 0.473. The van der Waals surface area contributed by atoms with Crippen molar-refractivity contribution in [3.63, 3.8) is 0 Å². The third-order valence-corrected chi connectivity index (χ3v) is 4.06. The highest BCUT2D eigenvalue weighted by atomic mass is 32.1. The predicted octanol–water partition coefficient (Wildman–Crippen LogP) is 3.74. The SMILES string of the molecule is CCC.CCCNN(C=N)C(=O)c1cc2c(N(C)C)cncc2s1. The third-order valence-electron chi connectivity index (χ3n) is 3.00. The van der Waals surface area contributed by atoms with Crippen LogP contribution in [0.25, 0.3) is 10.1 Å². The zero-order valence-corrected chi connectivity index (χ0v) is 15.9. The fourth-order valence-electron chi connectivity index (χ4n) is 1.94. The number of hydrogen-bond acceptors (Lipinski definition) is 6. The number of fused-ring (bicyclic) bond motifs is 1. The highest BCUT2D eigenvalue weighted by molar-refractivity contribution is 7.20. The van der Waals surface area contributed by atoms with E-state index in [0.717, 1.165) is 28.5 Å². The number of aromatic nitrogens is 1. The van der Waals surface area contributed by atoms with Crippen molar-refractivity contribution in [2.75, 3.05) is 25.5 Å². The van der Waals surface area contributed by atoms with Crippen molar-refractivity contribution >= 4 is 39.4 Å². The summed E-state index contributed by atoms with van der Waals surface area (Å²) in [6, 6.07) is 1.86. The van der Waals surface area contributed by atoms with Crippen LogP contribution in [0.5, 0.6) is 0 Å². The summed E-state index contributed by atoms with van der Waals surface area (Å²) >= 11 is 1.39. The van der Waals surface area contributed by atoms with Crippen molar-refractivity contribution in [3.05, 3.63) is 23.3 Å². The summed E-state index contributed by atoms with van der Waals surface area (Å²) in [4.78, 5) is 19.2. The van der Waals surface area contributed by atoms with Gasteiger partial charge in [-0.25, -0.2) is 10.4 Å². The molecule has 0 saturated heterocycles. The predicted molar refractivity (Wildman–Crippen MR) is 103 cm³/mol. The Bertz CT molecular complexity index is 668. The van der Waals surface area contributed by atoms with Gasteiger partial charge in [0, 0.05) is 32.2 Å². The van der Waals surface area contributed by atoms with Crippen molar-refractivity contribution in [2.45, 2.75) is 33.6 Å². The van der Waals surface area contributed by atoms with Gasteiger partial charge in [0.05, 0.1) is 21.5 Å². The van der Waals surface area contributed by atoms with E-state index in [1.807, 2.05) is 32.0 Å². The van der Waals surface area contributed by atoms with Gasteiger partial charge >= 0.3 is 0 Å². The second-order valence-electron chi connectivity index (χ2n) is 5.49. The summed E-state index contributed by atoms with van der Waals surface area (Å²) in [6.07, 6.45) is 6.69. The van der Waals surface area contributed by atoms with E-state index in [1.165, 1.54) is 22.8 Å².